The average molecular weight is 1950 g/mol. The first kappa shape index (κ1) is 102. The highest BCUT2D eigenvalue weighted by Crippen LogP contribution is 2.47. The number of likely N-dealkylation sites (tertiary alicyclic amines) is 3. The number of piperidine rings is 2. The van der Waals surface area contributed by atoms with E-state index in [0.29, 0.717) is 134 Å². The molecule has 12 aromatic rings. The average Bonchev–Trinajstić information content (AvgIpc) is 1.69. The number of rotatable bonds is 22. The van der Waals surface area contributed by atoms with E-state index in [-0.39, 0.29) is 159 Å². The molecule has 3 aliphatic heterocycles. The van der Waals surface area contributed by atoms with Gasteiger partial charge in [0.2, 0.25) is 0 Å². The number of benzene rings is 4. The van der Waals surface area contributed by atoms with Crippen molar-refractivity contribution in [2.24, 2.45) is 11.8 Å². The van der Waals surface area contributed by atoms with E-state index in [1.165, 1.54) is 47.9 Å². The van der Waals surface area contributed by atoms with Crippen LogP contribution in [0.1, 0.15) is 283 Å². The Kier molecular flexibility index (Phi) is 31.5. The molecule has 3 aliphatic rings. The predicted molar refractivity (Wildman–Crippen MR) is 513 cm³/mol. The molecular formula is C97H118Cl4F6N20O8. The number of hydrogen-bond donors (Lipinski definition) is 5. The molecule has 724 valence electrons. The monoisotopic (exact) mass is 1940 g/mol. The molecule has 8 aromatic heterocycles. The number of halogens is 10. The smallest absolute Gasteiger partial charge is 0.260 e. The van der Waals surface area contributed by atoms with Crippen LogP contribution >= 0.6 is 46.4 Å². The Morgan fingerprint density at radius 1 is 0.415 bits per heavy atom. The number of carbonyl (C=O) groups is 4. The van der Waals surface area contributed by atoms with E-state index in [1.54, 1.807) is 82.2 Å². The zero-order chi connectivity index (χ0) is 99.1. The van der Waals surface area contributed by atoms with E-state index in [0.717, 1.165) is 12.1 Å². The molecule has 9 N–H and O–H groups in total. The largest absolute Gasteiger partial charge is 0.490 e. The standard InChI is InChI=1S/2C25H30ClF2N5O2.C24H29ClFN5O2.C23H29ClFN5O2/c2*1-13(2)35-21-16(14(3)23-31-15(4)20-22(29)30-8-11-33(20)23)12-17(26)19(27)18(21)24(34)32-9-6-25(5,28)7-10-32;1-12(2)33-21-16(14(4)23-29-15(5)20-22(27)28-7-9-31(20)23)10-17(25)19(26)18(21)24(32)30-8-6-13(3)11-30;1-11(2)10-28-23(31)17-18(25)16(24)9-15(20(17)32-12(3)4)13(5)22-29-14(6)19-21(26)27-7-8-30(19)22/h2*8,11-14H,6-7,9-10H2,1-5H3,(H2,29,30);7,9-10,12-14H,6,8,11H2,1-5H3,(H2,27,28);7-9,11-13H,10H2,1-6H3,(H2,26,27)(H,28,31)/t2*14-;13-,14?;/m100./s1. The highest BCUT2D eigenvalue weighted by Gasteiger charge is 2.42. The van der Waals surface area contributed by atoms with Crippen molar-refractivity contribution in [1.29, 1.82) is 0 Å². The molecule has 38 heteroatoms. The van der Waals surface area contributed by atoms with Gasteiger partial charge >= 0.3 is 0 Å². The van der Waals surface area contributed by atoms with Gasteiger partial charge in [-0.2, -0.15) is 0 Å². The third-order valence-corrected chi connectivity index (χ3v) is 25.3. The molecule has 4 aromatic carbocycles. The molecule has 0 spiro atoms. The van der Waals surface area contributed by atoms with Gasteiger partial charge in [0, 0.05) is 141 Å². The molecule has 11 heterocycles. The topological polar surface area (TPSA) is 352 Å². The van der Waals surface area contributed by atoms with Gasteiger partial charge in [0.15, 0.2) is 23.3 Å². The second-order valence-electron chi connectivity index (χ2n) is 36.9. The Hall–Kier alpha value is -11.6. The summed E-state index contributed by atoms with van der Waals surface area (Å²) in [6, 6.07) is 5.99. The van der Waals surface area contributed by atoms with Crippen molar-refractivity contribution in [2.45, 2.75) is 237 Å². The summed E-state index contributed by atoms with van der Waals surface area (Å²) >= 11 is 25.2. The molecule has 28 nitrogen and oxygen atoms in total. The Labute approximate surface area is 800 Å². The van der Waals surface area contributed by atoms with Gasteiger partial charge in [0.25, 0.3) is 23.6 Å². The van der Waals surface area contributed by atoms with Crippen molar-refractivity contribution in [3.63, 3.8) is 0 Å². The van der Waals surface area contributed by atoms with Crippen molar-refractivity contribution in [3.8, 4) is 23.0 Å². The number of alkyl halides is 2. The van der Waals surface area contributed by atoms with E-state index >= 15 is 17.6 Å². The first-order valence-corrected chi connectivity index (χ1v) is 46.6. The van der Waals surface area contributed by atoms with Gasteiger partial charge in [0.05, 0.1) is 67.3 Å². The summed E-state index contributed by atoms with van der Waals surface area (Å²) in [5.74, 6) is -1.88. The molecule has 0 aliphatic carbocycles. The third-order valence-electron chi connectivity index (χ3n) is 24.2. The number of nitrogens with zero attached hydrogens (tertiary/aromatic N) is 15. The van der Waals surface area contributed by atoms with Crippen LogP contribution in [0.3, 0.4) is 0 Å². The van der Waals surface area contributed by atoms with Gasteiger partial charge < -0.3 is 61.9 Å². The lowest BCUT2D eigenvalue weighted by Crippen LogP contribution is -2.43. The number of fused-ring (bicyclic) bond motifs is 4. The van der Waals surface area contributed by atoms with Crippen LogP contribution in [0.15, 0.2) is 73.8 Å². The molecule has 3 fully saturated rings. The molecule has 135 heavy (non-hydrogen) atoms. The fourth-order valence-electron chi connectivity index (χ4n) is 17.2. The molecule has 0 bridgehead atoms. The van der Waals surface area contributed by atoms with Crippen LogP contribution in [0.4, 0.5) is 49.6 Å². The van der Waals surface area contributed by atoms with Gasteiger partial charge in [-0.1, -0.05) is 94.9 Å². The van der Waals surface area contributed by atoms with Gasteiger partial charge in [-0.3, -0.25) is 36.8 Å². The van der Waals surface area contributed by atoms with Gasteiger partial charge in [-0.15, -0.1) is 0 Å². The lowest BCUT2D eigenvalue weighted by atomic mass is 9.93. The van der Waals surface area contributed by atoms with Crippen LogP contribution in [0.25, 0.3) is 22.1 Å². The van der Waals surface area contributed by atoms with Crippen molar-refractivity contribution in [3.05, 3.63) is 208 Å². The lowest BCUT2D eigenvalue weighted by molar-refractivity contribution is 0.0484. The number of anilines is 4. The fraction of sp³-hybridized carbons (Fsp3) is 0.464. The van der Waals surface area contributed by atoms with Crippen LogP contribution < -0.4 is 47.2 Å². The fourth-order valence-corrected chi connectivity index (χ4v) is 18.1. The van der Waals surface area contributed by atoms with Crippen molar-refractivity contribution in [1.82, 2.24) is 77.5 Å². The van der Waals surface area contributed by atoms with Crippen LogP contribution in [-0.2, 0) is 0 Å². The minimum Gasteiger partial charge on any atom is -0.490 e. The number of nitrogens with two attached hydrogens (primary N) is 4. The summed E-state index contributed by atoms with van der Waals surface area (Å²) in [6.07, 6.45) is 13.7. The molecular weight excluding hydrogens is 1830 g/mol. The maximum atomic E-state index is 15.4. The van der Waals surface area contributed by atoms with E-state index in [2.05, 4.69) is 37.2 Å². The summed E-state index contributed by atoms with van der Waals surface area (Å²) in [7, 11) is 0. The lowest BCUT2D eigenvalue weighted by Gasteiger charge is -2.35. The third kappa shape index (κ3) is 21.6. The maximum Gasteiger partial charge on any atom is 0.260 e. The van der Waals surface area contributed by atoms with Crippen molar-refractivity contribution in [2.75, 3.05) is 68.7 Å². The van der Waals surface area contributed by atoms with Gasteiger partial charge in [-0.25, -0.2) is 66.2 Å². The number of hydrogen-bond acceptors (Lipinski definition) is 20. The molecule has 0 radical (unpaired) electrons. The molecule has 15 rings (SSSR count). The minimum atomic E-state index is -1.35. The SMILES string of the molecule is Cc1nc(C(C)c2cc(Cl)c(F)c(C(=O)N3CC[C@H](C)C3)c2OC(C)C)n2ccnc(N)c12.Cc1nc(C(C)c2cc(Cl)c(F)c(C(=O)NCC(C)C)c2OC(C)C)n2ccnc(N)c12.Cc1nc([C@@H](C)c2cc(Cl)c(F)c(C(=O)N3CCC(C)(F)CC3)c2OC(C)C)n2ccnc(N)c12.Cc1nc([C@H](C)c2cc(Cl)c(F)c(C(=O)N3CCC(C)(F)CC3)c2OC(C)C)n2ccnc(N)c12. The van der Waals surface area contributed by atoms with E-state index in [4.69, 9.17) is 103 Å². The molecule has 0 saturated carbocycles. The van der Waals surface area contributed by atoms with Crippen molar-refractivity contribution < 1.29 is 64.5 Å². The van der Waals surface area contributed by atoms with Crippen molar-refractivity contribution >= 4 is 115 Å². The number of nitrogen functional groups attached to an aromatic ring is 4. The predicted octanol–water partition coefficient (Wildman–Crippen LogP) is 20.2. The number of aryl methyl sites for hydroxylation is 4. The number of nitrogens with one attached hydrogen (secondary N) is 1. The zero-order valence-corrected chi connectivity index (χ0v) is 82.8. The second kappa shape index (κ2) is 41.5. The highest BCUT2D eigenvalue weighted by molar-refractivity contribution is 6.32. The van der Waals surface area contributed by atoms with E-state index < -0.39 is 70.1 Å². The Morgan fingerprint density at radius 3 is 0.896 bits per heavy atom. The van der Waals surface area contributed by atoms with Gasteiger partial charge in [0.1, 0.15) is 125 Å². The number of amides is 4. The highest BCUT2D eigenvalue weighted by atomic mass is 35.5. The number of imidazole rings is 4. The van der Waals surface area contributed by atoms with Crippen LogP contribution in [-0.4, -0.2) is 177 Å². The Bertz CT molecular complexity index is 6280. The minimum absolute atomic E-state index is 0.115. The normalized spacial score (nSPS) is 15.8. The molecule has 4 amide bonds. The summed E-state index contributed by atoms with van der Waals surface area (Å²) in [4.78, 5) is 93.4. The maximum absolute atomic E-state index is 15.4. The Balaban J connectivity index is 0.000000162. The number of carbonyl (C=O) groups excluding carboxylic acids is 4. The zero-order valence-electron chi connectivity index (χ0n) is 79.8. The summed E-state index contributed by atoms with van der Waals surface area (Å²) in [5, 5.41) is 2.09. The molecule has 5 atom stereocenters. The van der Waals surface area contributed by atoms with Crippen LogP contribution in [0, 0.1) is 62.8 Å². The molecule has 3 saturated heterocycles. The first-order valence-electron chi connectivity index (χ1n) is 45.1. The first-order chi connectivity index (χ1) is 63.4. The summed E-state index contributed by atoms with van der Waals surface area (Å²) in [5.41, 5.74) is 28.5. The van der Waals surface area contributed by atoms with Crippen LogP contribution in [0.2, 0.25) is 20.1 Å². The summed E-state index contributed by atoms with van der Waals surface area (Å²) < 4.78 is 122. The molecule has 2 unspecified atom stereocenters. The van der Waals surface area contributed by atoms with Crippen LogP contribution in [0.5, 0.6) is 23.0 Å². The number of aromatic nitrogens is 12. The Morgan fingerprint density at radius 2 is 0.659 bits per heavy atom. The number of ether oxygens (including phenoxy) is 4. The quantitative estimate of drug-likeness (QED) is 0.0393. The summed E-state index contributed by atoms with van der Waals surface area (Å²) in [6.45, 7) is 40.8. The van der Waals surface area contributed by atoms with Gasteiger partial charge in [-0.05, 0) is 165 Å². The van der Waals surface area contributed by atoms with E-state index in [1.807, 2.05) is 115 Å². The second-order valence-corrected chi connectivity index (χ2v) is 38.6. The van der Waals surface area contributed by atoms with E-state index in [9.17, 15) is 28.0 Å².